The number of anilines is 1. The lowest BCUT2D eigenvalue weighted by Gasteiger charge is -2.25. The largest absolute Gasteiger partial charge is 0.370 e. The molecule has 0 unspecified atom stereocenters. The number of rotatable bonds is 0. The lowest BCUT2D eigenvalue weighted by atomic mass is 10.0. The maximum Gasteiger partial charge on any atom is 0.0442 e. The zero-order valence-corrected chi connectivity index (χ0v) is 7.54. The summed E-state index contributed by atoms with van der Waals surface area (Å²) in [5.41, 5.74) is 4.10. The molecule has 0 N–H and O–H groups in total. The van der Waals surface area contributed by atoms with Gasteiger partial charge in [-0.25, -0.2) is 0 Å². The smallest absolute Gasteiger partial charge is 0.0442 e. The molecule has 0 amide bonds. The van der Waals surface area contributed by atoms with Crippen LogP contribution in [-0.2, 0) is 0 Å². The van der Waals surface area contributed by atoms with Crippen molar-refractivity contribution >= 4 is 11.3 Å². The molecule has 1 nitrogen and oxygen atoms in total. The second-order valence-corrected chi connectivity index (χ2v) is 3.28. The highest BCUT2D eigenvalue weighted by Crippen LogP contribution is 2.29. The molecule has 1 heterocycles. The highest BCUT2D eigenvalue weighted by atomic mass is 15.1. The number of benzene rings is 1. The highest BCUT2D eigenvalue weighted by Gasteiger charge is 2.11. The average molecular weight is 159 g/mol. The Labute approximate surface area is 73.3 Å². The normalized spacial score (nSPS) is 15.5. The molecule has 12 heavy (non-hydrogen) atoms. The third-order valence-corrected chi connectivity index (χ3v) is 2.41. The monoisotopic (exact) mass is 159 g/mol. The summed E-state index contributed by atoms with van der Waals surface area (Å²) in [6, 6.07) is 8.53. The van der Waals surface area contributed by atoms with E-state index in [0.717, 1.165) is 6.54 Å². The van der Waals surface area contributed by atoms with E-state index in [4.69, 9.17) is 0 Å². The van der Waals surface area contributed by atoms with Crippen LogP contribution in [0, 0.1) is 0 Å². The van der Waals surface area contributed by atoms with Crippen molar-refractivity contribution in [3.63, 3.8) is 0 Å². The minimum atomic E-state index is 1.03. The lowest BCUT2D eigenvalue weighted by molar-refractivity contribution is 1.01. The summed E-state index contributed by atoms with van der Waals surface area (Å²) in [5.74, 6) is 0. The molecule has 2 rings (SSSR count). The molecule has 0 saturated carbocycles. The van der Waals surface area contributed by atoms with E-state index in [9.17, 15) is 0 Å². The first-order chi connectivity index (χ1) is 5.79. The second-order valence-electron chi connectivity index (χ2n) is 3.28. The van der Waals surface area contributed by atoms with Crippen molar-refractivity contribution in [3.8, 4) is 0 Å². The molecular formula is C11H13N. The third kappa shape index (κ3) is 1.02. The van der Waals surface area contributed by atoms with Crippen molar-refractivity contribution < 1.29 is 0 Å². The van der Waals surface area contributed by atoms with Gasteiger partial charge in [-0.2, -0.15) is 0 Å². The first kappa shape index (κ1) is 7.41. The van der Waals surface area contributed by atoms with Crippen LogP contribution in [0.1, 0.15) is 12.5 Å². The number of hydrogen-bond acceptors (Lipinski definition) is 1. The maximum atomic E-state index is 2.27. The van der Waals surface area contributed by atoms with Crippen molar-refractivity contribution in [1.82, 2.24) is 0 Å². The Morgan fingerprint density at radius 2 is 2.00 bits per heavy atom. The Bertz CT molecular complexity index is 326. The zero-order valence-electron chi connectivity index (χ0n) is 7.54. The predicted octanol–water partition coefficient (Wildman–Crippen LogP) is 2.54. The SMILES string of the molecule is CC1=CCN(C)c2ccccc21. The van der Waals surface area contributed by atoms with Gasteiger partial charge in [0.05, 0.1) is 0 Å². The zero-order chi connectivity index (χ0) is 8.55. The van der Waals surface area contributed by atoms with E-state index in [1.165, 1.54) is 16.8 Å². The molecule has 0 fully saturated rings. The van der Waals surface area contributed by atoms with Crippen molar-refractivity contribution in [2.75, 3.05) is 18.5 Å². The summed E-state index contributed by atoms with van der Waals surface area (Å²) in [5, 5.41) is 0. The van der Waals surface area contributed by atoms with Crippen LogP contribution in [0.15, 0.2) is 30.3 Å². The Morgan fingerprint density at radius 1 is 1.25 bits per heavy atom. The predicted molar refractivity (Wildman–Crippen MR) is 53.4 cm³/mol. The van der Waals surface area contributed by atoms with Crippen LogP contribution in [0.3, 0.4) is 0 Å². The molecule has 1 aromatic carbocycles. The van der Waals surface area contributed by atoms with E-state index < -0.39 is 0 Å². The Morgan fingerprint density at radius 3 is 2.75 bits per heavy atom. The van der Waals surface area contributed by atoms with E-state index in [1.807, 2.05) is 0 Å². The topological polar surface area (TPSA) is 3.24 Å². The molecule has 1 aliphatic rings. The summed E-state index contributed by atoms with van der Waals surface area (Å²) in [6.07, 6.45) is 2.27. The summed E-state index contributed by atoms with van der Waals surface area (Å²) >= 11 is 0. The molecule has 0 aliphatic carbocycles. The molecule has 0 bridgehead atoms. The van der Waals surface area contributed by atoms with Gasteiger partial charge in [0.2, 0.25) is 0 Å². The highest BCUT2D eigenvalue weighted by molar-refractivity contribution is 5.78. The third-order valence-electron chi connectivity index (χ3n) is 2.41. The van der Waals surface area contributed by atoms with Gasteiger partial charge in [0.15, 0.2) is 0 Å². The molecule has 1 aromatic rings. The van der Waals surface area contributed by atoms with Crippen LogP contribution >= 0.6 is 0 Å². The number of likely N-dealkylation sites (N-methyl/N-ethyl adjacent to an activating group) is 1. The minimum absolute atomic E-state index is 1.03. The summed E-state index contributed by atoms with van der Waals surface area (Å²) in [7, 11) is 2.13. The van der Waals surface area contributed by atoms with Gasteiger partial charge in [0, 0.05) is 24.8 Å². The number of hydrogen-bond donors (Lipinski definition) is 0. The number of nitrogens with zero attached hydrogens (tertiary/aromatic N) is 1. The standard InChI is InChI=1S/C11H13N/c1-9-7-8-12(2)11-6-4-3-5-10(9)11/h3-7H,8H2,1-2H3. The van der Waals surface area contributed by atoms with Crippen LogP contribution in [0.5, 0.6) is 0 Å². The number of allylic oxidation sites excluding steroid dienone is 1. The molecule has 0 atom stereocenters. The van der Waals surface area contributed by atoms with Gasteiger partial charge in [0.25, 0.3) is 0 Å². The fourth-order valence-corrected chi connectivity index (χ4v) is 1.62. The van der Waals surface area contributed by atoms with Crippen molar-refractivity contribution in [2.45, 2.75) is 6.92 Å². The van der Waals surface area contributed by atoms with Crippen molar-refractivity contribution in [1.29, 1.82) is 0 Å². The van der Waals surface area contributed by atoms with Crippen molar-refractivity contribution in [2.24, 2.45) is 0 Å². The van der Waals surface area contributed by atoms with Crippen LogP contribution in [0.2, 0.25) is 0 Å². The number of para-hydroxylation sites is 1. The van der Waals surface area contributed by atoms with Crippen LogP contribution in [-0.4, -0.2) is 13.6 Å². The van der Waals surface area contributed by atoms with Gasteiger partial charge in [-0.15, -0.1) is 0 Å². The van der Waals surface area contributed by atoms with Gasteiger partial charge in [-0.3, -0.25) is 0 Å². The second kappa shape index (κ2) is 2.67. The average Bonchev–Trinajstić information content (AvgIpc) is 2.12. The minimum Gasteiger partial charge on any atom is -0.370 e. The molecule has 0 aromatic heterocycles. The van der Waals surface area contributed by atoms with Gasteiger partial charge in [-0.05, 0) is 18.6 Å². The first-order valence-electron chi connectivity index (χ1n) is 4.26. The van der Waals surface area contributed by atoms with Gasteiger partial charge in [0.1, 0.15) is 0 Å². The molecule has 1 aliphatic heterocycles. The summed E-state index contributed by atoms with van der Waals surface area (Å²) in [4.78, 5) is 2.27. The van der Waals surface area contributed by atoms with E-state index in [-0.39, 0.29) is 0 Å². The molecule has 1 heteroatoms. The number of fused-ring (bicyclic) bond motifs is 1. The maximum absolute atomic E-state index is 2.27. The Hall–Kier alpha value is -1.24. The van der Waals surface area contributed by atoms with Gasteiger partial charge >= 0.3 is 0 Å². The molecular weight excluding hydrogens is 146 g/mol. The van der Waals surface area contributed by atoms with Gasteiger partial charge < -0.3 is 4.90 Å². The fourth-order valence-electron chi connectivity index (χ4n) is 1.62. The lowest BCUT2D eigenvalue weighted by Crippen LogP contribution is -2.21. The fraction of sp³-hybridized carbons (Fsp3) is 0.273. The van der Waals surface area contributed by atoms with Crippen molar-refractivity contribution in [3.05, 3.63) is 35.9 Å². The van der Waals surface area contributed by atoms with Gasteiger partial charge in [-0.1, -0.05) is 24.3 Å². The quantitative estimate of drug-likeness (QED) is 0.562. The first-order valence-corrected chi connectivity index (χ1v) is 4.26. The molecule has 0 saturated heterocycles. The van der Waals surface area contributed by atoms with E-state index in [0.29, 0.717) is 0 Å². The molecule has 0 radical (unpaired) electrons. The van der Waals surface area contributed by atoms with E-state index in [1.54, 1.807) is 0 Å². The molecule has 0 spiro atoms. The summed E-state index contributed by atoms with van der Waals surface area (Å²) in [6.45, 7) is 3.20. The summed E-state index contributed by atoms with van der Waals surface area (Å²) < 4.78 is 0. The van der Waals surface area contributed by atoms with Crippen LogP contribution in [0.4, 0.5) is 5.69 Å². The Balaban J connectivity index is 2.58. The van der Waals surface area contributed by atoms with E-state index in [2.05, 4.69) is 49.2 Å². The van der Waals surface area contributed by atoms with E-state index >= 15 is 0 Å². The Kier molecular flexibility index (Phi) is 1.65. The van der Waals surface area contributed by atoms with Crippen LogP contribution in [0.25, 0.3) is 5.57 Å². The van der Waals surface area contributed by atoms with Crippen LogP contribution < -0.4 is 4.90 Å². The molecule has 62 valence electrons.